The second kappa shape index (κ2) is 36.6. The number of aromatic nitrogens is 8. The highest BCUT2D eigenvalue weighted by Crippen LogP contribution is 2.36. The standard InChI is InChI=1S/C23H19N3O2S.C20H19N3O3S.C20H19N3O2S.C19H17N3O2S/c1-3-5-19-14(2)24-22(20-6-4-11-29-20)26-21(19)25-18-10-9-15-12-17(23(27)28)8-7-16(15)13-18;1-4-6-14-12(2)21-19(17-7-5-10-27-17)23-18(14)22-15-9-8-13(20(24)25)11-16(15)26-3;1-3-5-16-13(2)21-20(17-6-4-11-26-17)23-19(16)22-15-9-7-14(8-10-15)12-18(24)25;1-3-5-15-12(2)20-18(16-6-4-11-25-16)22-17(15)21-14-9-7-13(8-10-14)19(23)24/h3-4,6-13H,1,5H2,2H3,(H,27,28)(H,24,25,26);4-5,7-11H,1,6H2,2-3H3,(H,24,25)(H,21,22,23);3-4,6-11H,1,5,12H2,2H3,(H,24,25)(H,21,22,23);3-4,6-11H,1,5H2,2H3,(H,23,24)(H,20,21,22). The van der Waals surface area contributed by atoms with Gasteiger partial charge in [0.25, 0.3) is 0 Å². The maximum atomic E-state index is 11.2. The second-order valence-electron chi connectivity index (χ2n) is 23.7. The van der Waals surface area contributed by atoms with Crippen LogP contribution < -0.4 is 26.0 Å². The third kappa shape index (κ3) is 20.2. The number of carboxylic acid groups (broad SMARTS) is 4. The van der Waals surface area contributed by atoms with Gasteiger partial charge in [-0.2, -0.15) is 0 Å². The fraction of sp³-hybridized carbons (Fsp3) is 0.122. The number of aromatic carboxylic acids is 3. The summed E-state index contributed by atoms with van der Waals surface area (Å²) in [6.07, 6.45) is 9.87. The summed E-state index contributed by atoms with van der Waals surface area (Å²) in [4.78, 5) is 85.5. The first-order valence-electron chi connectivity index (χ1n) is 33.2. The largest absolute Gasteiger partial charge is 0.495 e. The van der Waals surface area contributed by atoms with Crippen LogP contribution in [0.15, 0.2) is 224 Å². The zero-order valence-electron chi connectivity index (χ0n) is 59.0. The second-order valence-corrected chi connectivity index (χ2v) is 27.5. The molecule has 8 heterocycles. The van der Waals surface area contributed by atoms with Crippen LogP contribution in [0.1, 0.15) is 81.7 Å². The first-order chi connectivity index (χ1) is 51.7. The summed E-state index contributed by atoms with van der Waals surface area (Å²) in [5.41, 5.74) is 12.0. The van der Waals surface area contributed by atoms with Crippen molar-refractivity contribution < 1.29 is 44.3 Å². The van der Waals surface area contributed by atoms with E-state index in [9.17, 15) is 29.4 Å². The Morgan fingerprint density at radius 1 is 0.393 bits per heavy atom. The Labute approximate surface area is 633 Å². The summed E-state index contributed by atoms with van der Waals surface area (Å²) in [6, 6.07) is 45.3. The van der Waals surface area contributed by atoms with Crippen molar-refractivity contribution in [3.8, 4) is 48.6 Å². The molecular formula is C82H74N12O9S4. The van der Waals surface area contributed by atoms with Crippen LogP contribution in [0.25, 0.3) is 53.6 Å². The maximum absolute atomic E-state index is 11.2. The lowest BCUT2D eigenvalue weighted by atomic mass is 10.1. The minimum absolute atomic E-state index is 0.0110. The van der Waals surface area contributed by atoms with E-state index in [1.165, 1.54) is 19.2 Å². The van der Waals surface area contributed by atoms with Gasteiger partial charge in [-0.15, -0.1) is 71.7 Å². The van der Waals surface area contributed by atoms with E-state index in [4.69, 9.17) is 29.9 Å². The van der Waals surface area contributed by atoms with Crippen molar-refractivity contribution in [2.24, 2.45) is 0 Å². The van der Waals surface area contributed by atoms with E-state index in [-0.39, 0.29) is 23.1 Å². The van der Waals surface area contributed by atoms with Gasteiger partial charge in [-0.05, 0) is 194 Å². The summed E-state index contributed by atoms with van der Waals surface area (Å²) in [7, 11) is 1.50. The van der Waals surface area contributed by atoms with Crippen LogP contribution in [0, 0.1) is 27.7 Å². The zero-order chi connectivity index (χ0) is 76.1. The monoisotopic (exact) mass is 1500 g/mol. The average Bonchev–Trinajstić information content (AvgIpc) is 1.67. The number of anilines is 8. The van der Waals surface area contributed by atoms with Crippen molar-refractivity contribution in [3.63, 3.8) is 0 Å². The van der Waals surface area contributed by atoms with Gasteiger partial charge >= 0.3 is 23.9 Å². The number of hydrogen-bond donors (Lipinski definition) is 8. The number of ether oxygens (including phenoxy) is 1. The number of hydrogen-bond acceptors (Lipinski definition) is 21. The smallest absolute Gasteiger partial charge is 0.335 e. The number of methoxy groups -OCH3 is 1. The molecule has 0 bridgehead atoms. The normalized spacial score (nSPS) is 10.6. The molecule has 0 aliphatic rings. The van der Waals surface area contributed by atoms with Crippen LogP contribution in [-0.4, -0.2) is 91.3 Å². The lowest BCUT2D eigenvalue weighted by Crippen LogP contribution is -2.06. The van der Waals surface area contributed by atoms with Gasteiger partial charge in [0.05, 0.1) is 55.4 Å². The summed E-state index contributed by atoms with van der Waals surface area (Å²) in [5.74, 6) is 2.24. The number of carboxylic acids is 4. The molecule has 0 saturated heterocycles. The molecule has 5 aromatic carbocycles. The highest BCUT2D eigenvalue weighted by Gasteiger charge is 2.20. The third-order valence-corrected chi connectivity index (χ3v) is 19.7. The molecule has 0 radical (unpaired) electrons. The average molecular weight is 1500 g/mol. The van der Waals surface area contributed by atoms with E-state index >= 15 is 0 Å². The molecule has 0 atom stereocenters. The van der Waals surface area contributed by atoms with Crippen LogP contribution in [0.3, 0.4) is 0 Å². The van der Waals surface area contributed by atoms with Gasteiger partial charge < -0.3 is 46.4 Å². The van der Waals surface area contributed by atoms with Gasteiger partial charge in [0, 0.05) is 62.1 Å². The van der Waals surface area contributed by atoms with Crippen molar-refractivity contribution in [2.45, 2.75) is 59.8 Å². The minimum Gasteiger partial charge on any atom is -0.495 e. The van der Waals surface area contributed by atoms with Gasteiger partial charge in [0.1, 0.15) is 29.0 Å². The fourth-order valence-electron chi connectivity index (χ4n) is 10.9. The van der Waals surface area contributed by atoms with Gasteiger partial charge in [0.15, 0.2) is 23.3 Å². The van der Waals surface area contributed by atoms with Crippen molar-refractivity contribution in [2.75, 3.05) is 28.4 Å². The third-order valence-electron chi connectivity index (χ3n) is 16.2. The summed E-state index contributed by atoms with van der Waals surface area (Å²) >= 11 is 6.36. The number of aliphatic carboxylic acids is 1. The summed E-state index contributed by atoms with van der Waals surface area (Å²) in [5, 5.41) is 59.3. The van der Waals surface area contributed by atoms with Crippen molar-refractivity contribution in [1.82, 2.24) is 39.9 Å². The molecule has 0 fully saturated rings. The Balaban J connectivity index is 0.000000153. The molecule has 8 N–H and O–H groups in total. The van der Waals surface area contributed by atoms with Crippen LogP contribution >= 0.6 is 45.3 Å². The highest BCUT2D eigenvalue weighted by molar-refractivity contribution is 7.14. The van der Waals surface area contributed by atoms with E-state index in [2.05, 4.69) is 72.5 Å². The molecule has 540 valence electrons. The van der Waals surface area contributed by atoms with E-state index in [0.29, 0.717) is 72.1 Å². The van der Waals surface area contributed by atoms with E-state index in [1.54, 1.807) is 106 Å². The summed E-state index contributed by atoms with van der Waals surface area (Å²) in [6.45, 7) is 23.1. The minimum atomic E-state index is -1.01. The molecule has 0 aliphatic heterocycles. The molecule has 0 aliphatic carbocycles. The number of nitrogens with one attached hydrogen (secondary N) is 4. The van der Waals surface area contributed by atoms with Crippen molar-refractivity contribution in [1.29, 1.82) is 0 Å². The topological polar surface area (TPSA) is 310 Å². The SMILES string of the molecule is C=CCc1c(C)nc(-c2cccs2)nc1Nc1ccc(C(=O)O)cc1.C=CCc1c(C)nc(-c2cccs2)nc1Nc1ccc(C(=O)O)cc1OC.C=CCc1c(C)nc(-c2cccs2)nc1Nc1ccc(CC(=O)O)cc1.C=CCc1c(C)nc(-c2cccs2)nc1Nc1ccc2cc(C(=O)O)ccc2c1. The molecule has 107 heavy (non-hydrogen) atoms. The van der Waals surface area contributed by atoms with Crippen LogP contribution in [0.2, 0.25) is 0 Å². The Morgan fingerprint density at radius 2 is 0.720 bits per heavy atom. The predicted octanol–water partition coefficient (Wildman–Crippen LogP) is 19.8. The predicted molar refractivity (Wildman–Crippen MR) is 431 cm³/mol. The molecule has 0 saturated carbocycles. The lowest BCUT2D eigenvalue weighted by molar-refractivity contribution is -0.136. The number of fused-ring (bicyclic) bond motifs is 1. The van der Waals surface area contributed by atoms with Gasteiger partial charge in [-0.25, -0.2) is 54.3 Å². The Bertz CT molecular complexity index is 5340. The first kappa shape index (κ1) is 76.9. The number of allylic oxidation sites excluding steroid dienone is 4. The molecule has 0 unspecified atom stereocenters. The molecular weight excluding hydrogens is 1430 g/mol. The van der Waals surface area contributed by atoms with E-state index in [0.717, 1.165) is 110 Å². The first-order valence-corrected chi connectivity index (χ1v) is 36.7. The number of thiophene rings is 4. The molecule has 25 heteroatoms. The van der Waals surface area contributed by atoms with Gasteiger partial charge in [-0.3, -0.25) is 4.79 Å². The maximum Gasteiger partial charge on any atom is 0.335 e. The highest BCUT2D eigenvalue weighted by atomic mass is 32.1. The number of benzene rings is 5. The fourth-order valence-corrected chi connectivity index (χ4v) is 13.5. The molecule has 0 spiro atoms. The molecule has 8 aromatic heterocycles. The number of carbonyl (C=O) groups is 4. The lowest BCUT2D eigenvalue weighted by Gasteiger charge is -2.16. The summed E-state index contributed by atoms with van der Waals surface area (Å²) < 4.78 is 5.35. The van der Waals surface area contributed by atoms with E-state index < -0.39 is 23.9 Å². The number of rotatable bonds is 26. The van der Waals surface area contributed by atoms with Crippen molar-refractivity contribution >= 4 is 126 Å². The quantitative estimate of drug-likeness (QED) is 0.0234. The Hall–Kier alpha value is -12.7. The zero-order valence-corrected chi connectivity index (χ0v) is 62.2. The van der Waals surface area contributed by atoms with Crippen molar-refractivity contribution in [3.05, 3.63) is 291 Å². The van der Waals surface area contributed by atoms with Crippen LogP contribution in [-0.2, 0) is 36.9 Å². The molecule has 21 nitrogen and oxygen atoms in total. The van der Waals surface area contributed by atoms with Crippen LogP contribution in [0.4, 0.5) is 46.0 Å². The Morgan fingerprint density at radius 3 is 1.07 bits per heavy atom. The number of aryl methyl sites for hydroxylation is 4. The number of nitrogens with zero attached hydrogens (tertiary/aromatic N) is 8. The van der Waals surface area contributed by atoms with Gasteiger partial charge in [-0.1, -0.05) is 72.8 Å². The molecule has 13 aromatic rings. The Kier molecular flexibility index (Phi) is 26.4. The van der Waals surface area contributed by atoms with Crippen LogP contribution in [0.5, 0.6) is 5.75 Å². The molecule has 0 amide bonds. The van der Waals surface area contributed by atoms with E-state index in [1.807, 2.05) is 152 Å². The molecule has 13 rings (SSSR count). The van der Waals surface area contributed by atoms with Gasteiger partial charge in [0.2, 0.25) is 0 Å².